The van der Waals surface area contributed by atoms with E-state index < -0.39 is 21.8 Å². The standard InChI is InChI=1S/C4H5N2.2CH3.Bi/c1-6-3-2-5-4-6;;;/h2,4H,1H3;2*1H3;. The third-order valence-corrected chi connectivity index (χ3v) is 6.49. The van der Waals surface area contributed by atoms with Crippen molar-refractivity contribution in [2.24, 2.45) is 7.05 Å². The summed E-state index contributed by atoms with van der Waals surface area (Å²) < 4.78 is 8.36. The summed E-state index contributed by atoms with van der Waals surface area (Å²) in [5, 5.41) is 0. The van der Waals surface area contributed by atoms with Gasteiger partial charge in [0.2, 0.25) is 0 Å². The summed E-state index contributed by atoms with van der Waals surface area (Å²) in [6.07, 6.45) is 3.88. The Morgan fingerprint density at radius 1 is 1.56 bits per heavy atom. The van der Waals surface area contributed by atoms with Gasteiger partial charge in [0, 0.05) is 0 Å². The minimum atomic E-state index is -1.18. The fourth-order valence-corrected chi connectivity index (χ4v) is 4.59. The first kappa shape index (κ1) is 7.20. The van der Waals surface area contributed by atoms with Crippen LogP contribution in [0.3, 0.4) is 0 Å². The topological polar surface area (TPSA) is 17.8 Å². The maximum absolute atomic E-state index is 4.06. The molecule has 0 atom stereocenters. The molecule has 0 saturated carbocycles. The Kier molecular flexibility index (Phi) is 2.23. The van der Waals surface area contributed by atoms with Gasteiger partial charge in [0.15, 0.2) is 0 Å². The Morgan fingerprint density at radius 2 is 2.22 bits per heavy atom. The zero-order chi connectivity index (χ0) is 6.85. The van der Waals surface area contributed by atoms with Crippen molar-refractivity contribution in [2.75, 3.05) is 0 Å². The number of aryl methyl sites for hydroxylation is 1. The molecule has 50 valence electrons. The fourth-order valence-electron chi connectivity index (χ4n) is 0.781. The van der Waals surface area contributed by atoms with Crippen LogP contribution in [0.5, 0.6) is 0 Å². The molecule has 0 N–H and O–H groups in total. The van der Waals surface area contributed by atoms with Crippen LogP contribution in [0.1, 0.15) is 0 Å². The molecule has 0 aliphatic heterocycles. The quantitative estimate of drug-likeness (QED) is 0.684. The number of nitrogens with zero attached hydrogens (tertiary/aromatic N) is 2. The van der Waals surface area contributed by atoms with Crippen LogP contribution in [-0.4, -0.2) is 31.3 Å². The van der Waals surface area contributed by atoms with Gasteiger partial charge in [-0.05, 0) is 0 Å². The first-order chi connectivity index (χ1) is 4.22. The van der Waals surface area contributed by atoms with Crippen molar-refractivity contribution in [1.82, 2.24) is 9.55 Å². The number of aromatic nitrogens is 2. The van der Waals surface area contributed by atoms with Gasteiger partial charge in [-0.25, -0.2) is 0 Å². The van der Waals surface area contributed by atoms with Gasteiger partial charge in [-0.1, -0.05) is 0 Å². The molecule has 0 aromatic carbocycles. The van der Waals surface area contributed by atoms with E-state index in [1.807, 2.05) is 12.5 Å². The summed E-state index contributed by atoms with van der Waals surface area (Å²) in [6.45, 7) is 0. The molecule has 0 unspecified atom stereocenters. The number of imidazole rings is 1. The molecular weight excluding hydrogens is 309 g/mol. The molecule has 0 aliphatic rings. The Labute approximate surface area is 63.6 Å². The van der Waals surface area contributed by atoms with Crippen LogP contribution in [0.4, 0.5) is 0 Å². The molecule has 0 radical (unpaired) electrons. The average molecular weight is 320 g/mol. The van der Waals surface area contributed by atoms with E-state index in [-0.39, 0.29) is 0 Å². The van der Waals surface area contributed by atoms with Crippen LogP contribution in [0, 0.1) is 0 Å². The van der Waals surface area contributed by atoms with E-state index in [0.29, 0.717) is 0 Å². The van der Waals surface area contributed by atoms with Gasteiger partial charge in [0.25, 0.3) is 0 Å². The van der Waals surface area contributed by atoms with E-state index in [9.17, 15) is 0 Å². The SMILES string of the molecule is Cn1cnc[c]1[Bi]([CH3])[CH3]. The molecule has 0 saturated heterocycles. The maximum atomic E-state index is 4.06. The zero-order valence-electron chi connectivity index (χ0n) is 6.00. The molecule has 1 aromatic heterocycles. The molecule has 0 spiro atoms. The summed E-state index contributed by atoms with van der Waals surface area (Å²) in [6, 6.07) is 0. The van der Waals surface area contributed by atoms with E-state index in [0.717, 1.165) is 0 Å². The normalized spacial score (nSPS) is 10.7. The summed E-state index contributed by atoms with van der Waals surface area (Å²) in [4.78, 5) is 4.06. The predicted molar refractivity (Wildman–Crippen MR) is 40.3 cm³/mol. The Bertz CT molecular complexity index is 193. The molecule has 0 fully saturated rings. The van der Waals surface area contributed by atoms with E-state index in [1.54, 1.807) is 0 Å². The van der Waals surface area contributed by atoms with Crippen molar-refractivity contribution < 1.29 is 0 Å². The Morgan fingerprint density at radius 3 is 2.44 bits per heavy atom. The van der Waals surface area contributed by atoms with Crippen LogP contribution in [-0.2, 0) is 7.05 Å². The van der Waals surface area contributed by atoms with Crippen molar-refractivity contribution in [1.29, 1.82) is 0 Å². The van der Waals surface area contributed by atoms with E-state index >= 15 is 0 Å². The van der Waals surface area contributed by atoms with Gasteiger partial charge < -0.3 is 0 Å². The predicted octanol–water partition coefficient (Wildman–Crippen LogP) is 0.381. The zero-order valence-corrected chi connectivity index (χ0v) is 9.47. The molecule has 3 heteroatoms. The van der Waals surface area contributed by atoms with Gasteiger partial charge in [-0.2, -0.15) is 0 Å². The van der Waals surface area contributed by atoms with Crippen LogP contribution in [0.15, 0.2) is 12.5 Å². The van der Waals surface area contributed by atoms with Crippen LogP contribution < -0.4 is 3.40 Å². The first-order valence-corrected chi connectivity index (χ1v) is 11.5. The number of hydrogen-bond acceptors (Lipinski definition) is 1. The van der Waals surface area contributed by atoms with Crippen molar-refractivity contribution in [3.8, 4) is 0 Å². The average Bonchev–Trinajstić information content (AvgIpc) is 2.13. The second-order valence-electron chi connectivity index (χ2n) is 2.26. The second kappa shape index (κ2) is 2.78. The molecule has 0 amide bonds. The van der Waals surface area contributed by atoms with Crippen LogP contribution in [0.2, 0.25) is 9.26 Å². The summed E-state index contributed by atoms with van der Waals surface area (Å²) in [5.41, 5.74) is 0. The molecule has 0 aliphatic carbocycles. The summed E-state index contributed by atoms with van der Waals surface area (Å²) in [7, 11) is 2.07. The van der Waals surface area contributed by atoms with Gasteiger partial charge in [-0.15, -0.1) is 0 Å². The third-order valence-electron chi connectivity index (χ3n) is 1.25. The molecule has 1 rings (SSSR count). The van der Waals surface area contributed by atoms with Crippen LogP contribution >= 0.6 is 0 Å². The fraction of sp³-hybridized carbons (Fsp3) is 0.500. The Hall–Kier alpha value is 0.0931. The van der Waals surface area contributed by atoms with Crippen molar-refractivity contribution in [2.45, 2.75) is 9.26 Å². The molecule has 9 heavy (non-hydrogen) atoms. The monoisotopic (exact) mass is 320 g/mol. The van der Waals surface area contributed by atoms with Gasteiger partial charge in [0.1, 0.15) is 0 Å². The Balaban J connectivity index is 2.94. The molecule has 1 heterocycles. The molecule has 2 nitrogen and oxygen atoms in total. The van der Waals surface area contributed by atoms with Crippen molar-refractivity contribution in [3.63, 3.8) is 0 Å². The van der Waals surface area contributed by atoms with E-state index in [4.69, 9.17) is 0 Å². The molecule has 0 bridgehead atoms. The van der Waals surface area contributed by atoms with E-state index in [1.165, 1.54) is 3.40 Å². The van der Waals surface area contributed by atoms with Crippen LogP contribution in [0.25, 0.3) is 0 Å². The molecule has 1 aromatic rings. The number of hydrogen-bond donors (Lipinski definition) is 0. The summed E-state index contributed by atoms with van der Waals surface area (Å²) >= 11 is -1.18. The van der Waals surface area contributed by atoms with Crippen molar-refractivity contribution >= 4 is 25.2 Å². The number of rotatable bonds is 1. The summed E-state index contributed by atoms with van der Waals surface area (Å²) in [5.74, 6) is 0. The van der Waals surface area contributed by atoms with E-state index in [2.05, 4.69) is 25.9 Å². The van der Waals surface area contributed by atoms with Gasteiger partial charge in [-0.3, -0.25) is 0 Å². The van der Waals surface area contributed by atoms with Gasteiger partial charge in [0.05, 0.1) is 0 Å². The van der Waals surface area contributed by atoms with Gasteiger partial charge >= 0.3 is 63.5 Å². The second-order valence-corrected chi connectivity index (χ2v) is 11.0. The minimum absolute atomic E-state index is 1.18. The third kappa shape index (κ3) is 1.51. The first-order valence-electron chi connectivity index (χ1n) is 2.85. The van der Waals surface area contributed by atoms with Crippen molar-refractivity contribution in [3.05, 3.63) is 12.5 Å². The molecular formula is C6H11BiN2.